The Kier molecular flexibility index (Phi) is 6.78. The van der Waals surface area contributed by atoms with E-state index in [1.165, 1.54) is 0 Å². The lowest BCUT2D eigenvalue weighted by atomic mass is 10.1. The number of nitrogens with zero attached hydrogens (tertiary/aromatic N) is 2. The first-order valence-corrected chi connectivity index (χ1v) is 10.6. The standard InChI is InChI=1S/C18H17Br2N3O3S/c1-23(16-14(20)9-12(19)10-21-16)6-7-26-13-4-2-11(3-5-13)8-15-17(24)22-18(25)27-15/h2-5,9-10,15H,6-8H2,1H3,(H,22,24,25). The number of pyridine rings is 1. The van der Waals surface area contributed by atoms with Crippen molar-refractivity contribution in [2.24, 2.45) is 0 Å². The van der Waals surface area contributed by atoms with Gasteiger partial charge in [0.1, 0.15) is 18.2 Å². The number of hydrogen-bond acceptors (Lipinski definition) is 6. The molecule has 1 aromatic carbocycles. The molecule has 0 saturated carbocycles. The molecule has 142 valence electrons. The van der Waals surface area contributed by atoms with Gasteiger partial charge in [0.15, 0.2) is 0 Å². The summed E-state index contributed by atoms with van der Waals surface area (Å²) in [6, 6.07) is 9.55. The Hall–Kier alpha value is -1.58. The number of carbonyl (C=O) groups is 2. The molecule has 9 heteroatoms. The molecule has 1 aliphatic heterocycles. The first kappa shape index (κ1) is 20.2. The zero-order valence-electron chi connectivity index (χ0n) is 14.4. The molecule has 2 aromatic rings. The number of nitrogens with one attached hydrogen (secondary N) is 1. The van der Waals surface area contributed by atoms with E-state index >= 15 is 0 Å². The molecule has 1 unspecified atom stereocenters. The van der Waals surface area contributed by atoms with Gasteiger partial charge in [-0.15, -0.1) is 0 Å². The van der Waals surface area contributed by atoms with Crippen LogP contribution in [0.4, 0.5) is 10.6 Å². The van der Waals surface area contributed by atoms with E-state index in [9.17, 15) is 9.59 Å². The summed E-state index contributed by atoms with van der Waals surface area (Å²) in [6.07, 6.45) is 2.28. The second-order valence-corrected chi connectivity index (χ2v) is 8.91. The molecule has 1 atom stereocenters. The van der Waals surface area contributed by atoms with E-state index in [1.807, 2.05) is 42.3 Å². The van der Waals surface area contributed by atoms with Crippen molar-refractivity contribution in [1.29, 1.82) is 0 Å². The highest BCUT2D eigenvalue weighted by atomic mass is 79.9. The normalized spacial score (nSPS) is 16.3. The molecule has 1 saturated heterocycles. The fraction of sp³-hybridized carbons (Fsp3) is 0.278. The lowest BCUT2D eigenvalue weighted by Gasteiger charge is -2.19. The Balaban J connectivity index is 1.48. The second-order valence-electron chi connectivity index (χ2n) is 5.96. The molecule has 0 spiro atoms. The molecule has 1 aliphatic rings. The molecule has 27 heavy (non-hydrogen) atoms. The predicted molar refractivity (Wildman–Crippen MR) is 113 cm³/mol. The monoisotopic (exact) mass is 513 g/mol. The van der Waals surface area contributed by atoms with Crippen LogP contribution >= 0.6 is 43.6 Å². The number of halogens is 2. The molecular formula is C18H17Br2N3O3S. The summed E-state index contributed by atoms with van der Waals surface area (Å²) in [5.74, 6) is 1.38. The summed E-state index contributed by atoms with van der Waals surface area (Å²) in [7, 11) is 1.96. The average Bonchev–Trinajstić information content (AvgIpc) is 2.93. The highest BCUT2D eigenvalue weighted by molar-refractivity contribution is 9.11. The third-order valence-corrected chi connectivity index (χ3v) is 5.96. The number of benzene rings is 1. The largest absolute Gasteiger partial charge is 0.492 e. The van der Waals surface area contributed by atoms with Crippen LogP contribution in [0.3, 0.4) is 0 Å². The number of carbonyl (C=O) groups excluding carboxylic acids is 2. The molecular weight excluding hydrogens is 498 g/mol. The summed E-state index contributed by atoms with van der Waals surface area (Å²) in [6.45, 7) is 1.19. The highest BCUT2D eigenvalue weighted by Crippen LogP contribution is 2.26. The maximum atomic E-state index is 11.6. The van der Waals surface area contributed by atoms with Gasteiger partial charge in [0.2, 0.25) is 5.91 Å². The number of aromatic nitrogens is 1. The molecule has 2 heterocycles. The summed E-state index contributed by atoms with van der Waals surface area (Å²) in [5.41, 5.74) is 0.991. The third-order valence-electron chi connectivity index (χ3n) is 3.96. The molecule has 2 amide bonds. The van der Waals surface area contributed by atoms with Gasteiger partial charge in [0, 0.05) is 17.7 Å². The molecule has 1 fully saturated rings. The lowest BCUT2D eigenvalue weighted by molar-refractivity contribution is -0.118. The van der Waals surface area contributed by atoms with Crippen molar-refractivity contribution < 1.29 is 14.3 Å². The van der Waals surface area contributed by atoms with E-state index in [0.717, 1.165) is 37.8 Å². The van der Waals surface area contributed by atoms with Crippen LogP contribution < -0.4 is 15.0 Å². The minimum atomic E-state index is -0.352. The SMILES string of the molecule is CN(CCOc1ccc(CC2SC(=O)NC2=O)cc1)c1ncc(Br)cc1Br. The van der Waals surface area contributed by atoms with Crippen LogP contribution in [0, 0.1) is 0 Å². The van der Waals surface area contributed by atoms with Gasteiger partial charge in [-0.3, -0.25) is 14.9 Å². The number of amides is 2. The average molecular weight is 515 g/mol. The maximum Gasteiger partial charge on any atom is 0.286 e. The van der Waals surface area contributed by atoms with Crippen molar-refractivity contribution in [3.63, 3.8) is 0 Å². The zero-order chi connectivity index (χ0) is 19.4. The number of likely N-dealkylation sites (N-methyl/N-ethyl adjacent to an activating group) is 1. The minimum Gasteiger partial charge on any atom is -0.492 e. The Bertz CT molecular complexity index is 848. The van der Waals surface area contributed by atoms with E-state index in [4.69, 9.17) is 4.74 Å². The van der Waals surface area contributed by atoms with Gasteiger partial charge in [0.25, 0.3) is 5.24 Å². The molecule has 6 nitrogen and oxygen atoms in total. The van der Waals surface area contributed by atoms with Crippen molar-refractivity contribution in [2.45, 2.75) is 11.7 Å². The quantitative estimate of drug-likeness (QED) is 0.601. The van der Waals surface area contributed by atoms with Crippen molar-refractivity contribution in [3.8, 4) is 5.75 Å². The number of imide groups is 1. The molecule has 1 aromatic heterocycles. The summed E-state index contributed by atoms with van der Waals surface area (Å²) in [4.78, 5) is 29.3. The van der Waals surface area contributed by atoms with E-state index in [-0.39, 0.29) is 16.4 Å². The van der Waals surface area contributed by atoms with E-state index in [1.54, 1.807) is 6.20 Å². The van der Waals surface area contributed by atoms with Crippen LogP contribution in [-0.4, -0.2) is 41.6 Å². The van der Waals surface area contributed by atoms with Crippen LogP contribution in [0.1, 0.15) is 5.56 Å². The second kappa shape index (κ2) is 9.07. The Morgan fingerprint density at radius 1 is 1.26 bits per heavy atom. The number of anilines is 1. The Morgan fingerprint density at radius 3 is 2.63 bits per heavy atom. The van der Waals surface area contributed by atoms with E-state index < -0.39 is 0 Å². The van der Waals surface area contributed by atoms with Crippen LogP contribution in [0.25, 0.3) is 0 Å². The van der Waals surface area contributed by atoms with Gasteiger partial charge >= 0.3 is 0 Å². The molecule has 0 radical (unpaired) electrons. The predicted octanol–water partition coefficient (Wildman–Crippen LogP) is 4.02. The van der Waals surface area contributed by atoms with Gasteiger partial charge < -0.3 is 9.64 Å². The molecule has 1 N–H and O–H groups in total. The van der Waals surface area contributed by atoms with Crippen LogP contribution in [0.2, 0.25) is 0 Å². The lowest BCUT2D eigenvalue weighted by Crippen LogP contribution is -2.25. The zero-order valence-corrected chi connectivity index (χ0v) is 18.4. The Morgan fingerprint density at radius 2 is 2.00 bits per heavy atom. The first-order valence-electron chi connectivity index (χ1n) is 8.18. The third kappa shape index (κ3) is 5.46. The first-order chi connectivity index (χ1) is 12.9. The smallest absolute Gasteiger partial charge is 0.286 e. The van der Waals surface area contributed by atoms with Gasteiger partial charge in [-0.05, 0) is 62.0 Å². The topological polar surface area (TPSA) is 71.5 Å². The van der Waals surface area contributed by atoms with Crippen molar-refractivity contribution in [3.05, 3.63) is 51.0 Å². The number of thioether (sulfide) groups is 1. The Labute approximate surface area is 178 Å². The van der Waals surface area contributed by atoms with Crippen LogP contribution in [0.5, 0.6) is 5.75 Å². The number of rotatable bonds is 7. The van der Waals surface area contributed by atoms with Crippen molar-refractivity contribution in [1.82, 2.24) is 10.3 Å². The maximum absolute atomic E-state index is 11.6. The fourth-order valence-corrected chi connectivity index (χ4v) is 4.71. The molecule has 0 bridgehead atoms. The summed E-state index contributed by atoms with van der Waals surface area (Å²) in [5, 5.41) is 1.67. The van der Waals surface area contributed by atoms with Crippen LogP contribution in [0.15, 0.2) is 45.5 Å². The fourth-order valence-electron chi connectivity index (χ4n) is 2.56. The summed E-state index contributed by atoms with van der Waals surface area (Å²) >= 11 is 7.94. The van der Waals surface area contributed by atoms with E-state index in [0.29, 0.717) is 19.6 Å². The van der Waals surface area contributed by atoms with E-state index in [2.05, 4.69) is 42.2 Å². The van der Waals surface area contributed by atoms with Crippen molar-refractivity contribution >= 4 is 60.6 Å². The van der Waals surface area contributed by atoms with Gasteiger partial charge in [0.05, 0.1) is 16.3 Å². The van der Waals surface area contributed by atoms with Crippen molar-refractivity contribution in [2.75, 3.05) is 25.1 Å². The minimum absolute atomic E-state index is 0.221. The van der Waals surface area contributed by atoms with Gasteiger partial charge in [-0.2, -0.15) is 0 Å². The molecule has 3 rings (SSSR count). The highest BCUT2D eigenvalue weighted by Gasteiger charge is 2.31. The number of hydrogen-bond donors (Lipinski definition) is 1. The van der Waals surface area contributed by atoms with Crippen LogP contribution in [-0.2, 0) is 11.2 Å². The molecule has 0 aliphatic carbocycles. The van der Waals surface area contributed by atoms with Gasteiger partial charge in [-0.1, -0.05) is 23.9 Å². The number of ether oxygens (including phenoxy) is 1. The summed E-state index contributed by atoms with van der Waals surface area (Å²) < 4.78 is 7.62. The van der Waals surface area contributed by atoms with Gasteiger partial charge in [-0.25, -0.2) is 4.98 Å².